The number of hydrogen-bond acceptors (Lipinski definition) is 5. The van der Waals surface area contributed by atoms with E-state index < -0.39 is 0 Å². The van der Waals surface area contributed by atoms with Gasteiger partial charge in [0.1, 0.15) is 6.26 Å². The van der Waals surface area contributed by atoms with Crippen LogP contribution in [-0.2, 0) is 11.2 Å². The highest BCUT2D eigenvalue weighted by atomic mass is 16.5. The highest BCUT2D eigenvalue weighted by molar-refractivity contribution is 5.88. The molecular formula is C12H12N2O3. The molecule has 0 radical (unpaired) electrons. The van der Waals surface area contributed by atoms with E-state index >= 15 is 0 Å². The average molecular weight is 232 g/mol. The summed E-state index contributed by atoms with van der Waals surface area (Å²) in [6, 6.07) is 1.56. The van der Waals surface area contributed by atoms with Gasteiger partial charge in [-0.15, -0.1) is 0 Å². The lowest BCUT2D eigenvalue weighted by molar-refractivity contribution is 0.0507. The molecule has 0 aromatic carbocycles. The second-order valence-corrected chi connectivity index (χ2v) is 3.55. The normalized spacial score (nSPS) is 10.2. The molecule has 0 aliphatic heterocycles. The molecule has 0 N–H and O–H groups in total. The summed E-state index contributed by atoms with van der Waals surface area (Å²) in [7, 11) is 0. The number of aromatic nitrogens is 2. The molecular weight excluding hydrogens is 220 g/mol. The molecule has 5 nitrogen and oxygen atoms in total. The summed E-state index contributed by atoms with van der Waals surface area (Å²) in [5.41, 5.74) is 2.08. The predicted octanol–water partition coefficient (Wildman–Crippen LogP) is 1.78. The van der Waals surface area contributed by atoms with E-state index in [1.165, 1.54) is 12.5 Å². The standard InChI is InChI=1S/C12H12N2O3/c1-9-6-14-11(7-13-9)3-5-17-12(15)10-2-4-16-8-10/h2,4,6-8H,3,5H2,1H3. The summed E-state index contributed by atoms with van der Waals surface area (Å²) >= 11 is 0. The highest BCUT2D eigenvalue weighted by Crippen LogP contribution is 2.03. The Kier molecular flexibility index (Phi) is 3.49. The first-order valence-corrected chi connectivity index (χ1v) is 5.22. The van der Waals surface area contributed by atoms with E-state index in [-0.39, 0.29) is 12.6 Å². The summed E-state index contributed by atoms with van der Waals surface area (Å²) in [4.78, 5) is 19.7. The van der Waals surface area contributed by atoms with E-state index in [1.54, 1.807) is 18.5 Å². The molecule has 0 saturated carbocycles. The van der Waals surface area contributed by atoms with Crippen LogP contribution in [0.15, 0.2) is 35.4 Å². The maximum Gasteiger partial charge on any atom is 0.341 e. The van der Waals surface area contributed by atoms with Crippen molar-refractivity contribution in [1.29, 1.82) is 0 Å². The van der Waals surface area contributed by atoms with Crippen LogP contribution in [0.2, 0.25) is 0 Å². The lowest BCUT2D eigenvalue weighted by Crippen LogP contribution is -2.08. The van der Waals surface area contributed by atoms with Gasteiger partial charge in [-0.25, -0.2) is 4.79 Å². The van der Waals surface area contributed by atoms with Crippen LogP contribution in [0.1, 0.15) is 21.7 Å². The van der Waals surface area contributed by atoms with Crippen LogP contribution in [-0.4, -0.2) is 22.5 Å². The summed E-state index contributed by atoms with van der Waals surface area (Å²) in [5, 5.41) is 0. The van der Waals surface area contributed by atoms with Gasteiger partial charge in [-0.05, 0) is 13.0 Å². The van der Waals surface area contributed by atoms with Gasteiger partial charge in [0.15, 0.2) is 0 Å². The molecule has 0 spiro atoms. The fourth-order valence-corrected chi connectivity index (χ4v) is 1.26. The maximum absolute atomic E-state index is 11.4. The molecule has 0 unspecified atom stereocenters. The van der Waals surface area contributed by atoms with Crippen LogP contribution in [0.5, 0.6) is 0 Å². The number of esters is 1. The molecule has 0 fully saturated rings. The van der Waals surface area contributed by atoms with E-state index in [9.17, 15) is 4.79 Å². The molecule has 0 aliphatic carbocycles. The van der Waals surface area contributed by atoms with Gasteiger partial charge in [0.2, 0.25) is 0 Å². The molecule has 2 aromatic rings. The third-order valence-corrected chi connectivity index (χ3v) is 2.18. The van der Waals surface area contributed by atoms with Gasteiger partial charge in [0, 0.05) is 18.8 Å². The van der Waals surface area contributed by atoms with Crippen molar-refractivity contribution in [3.8, 4) is 0 Å². The van der Waals surface area contributed by atoms with Crippen molar-refractivity contribution in [2.24, 2.45) is 0 Å². The molecule has 17 heavy (non-hydrogen) atoms. The Morgan fingerprint density at radius 2 is 2.29 bits per heavy atom. The molecule has 88 valence electrons. The van der Waals surface area contributed by atoms with Crippen molar-refractivity contribution in [3.63, 3.8) is 0 Å². The van der Waals surface area contributed by atoms with Crippen molar-refractivity contribution >= 4 is 5.97 Å². The average Bonchev–Trinajstić information content (AvgIpc) is 2.85. The quantitative estimate of drug-likeness (QED) is 0.752. The fourth-order valence-electron chi connectivity index (χ4n) is 1.26. The number of furan rings is 1. The molecule has 5 heteroatoms. The van der Waals surface area contributed by atoms with E-state index in [4.69, 9.17) is 9.15 Å². The fraction of sp³-hybridized carbons (Fsp3) is 0.250. The van der Waals surface area contributed by atoms with Gasteiger partial charge >= 0.3 is 5.97 Å². The Labute approximate surface area is 98.5 Å². The maximum atomic E-state index is 11.4. The minimum atomic E-state index is -0.390. The second kappa shape index (κ2) is 5.25. The molecule has 2 rings (SSSR count). The van der Waals surface area contributed by atoms with Crippen LogP contribution in [0.4, 0.5) is 0 Å². The van der Waals surface area contributed by atoms with E-state index in [0.717, 1.165) is 11.4 Å². The molecule has 2 heterocycles. The zero-order valence-electron chi connectivity index (χ0n) is 9.42. The summed E-state index contributed by atoms with van der Waals surface area (Å²) in [6.07, 6.45) is 6.71. The van der Waals surface area contributed by atoms with Crippen molar-refractivity contribution in [2.45, 2.75) is 13.3 Å². The van der Waals surface area contributed by atoms with Crippen molar-refractivity contribution < 1.29 is 13.9 Å². The van der Waals surface area contributed by atoms with Gasteiger partial charge in [-0.1, -0.05) is 0 Å². The Hall–Kier alpha value is -2.17. The van der Waals surface area contributed by atoms with Crippen LogP contribution in [0.3, 0.4) is 0 Å². The third-order valence-electron chi connectivity index (χ3n) is 2.18. The molecule has 0 aliphatic rings. The Morgan fingerprint density at radius 1 is 1.41 bits per heavy atom. The van der Waals surface area contributed by atoms with Crippen molar-refractivity contribution in [2.75, 3.05) is 6.61 Å². The van der Waals surface area contributed by atoms with Gasteiger partial charge in [0.25, 0.3) is 0 Å². The lowest BCUT2D eigenvalue weighted by atomic mass is 10.3. The highest BCUT2D eigenvalue weighted by Gasteiger charge is 2.08. The summed E-state index contributed by atoms with van der Waals surface area (Å²) in [5.74, 6) is -0.390. The summed E-state index contributed by atoms with van der Waals surface area (Å²) < 4.78 is 9.84. The number of rotatable bonds is 4. The molecule has 2 aromatic heterocycles. The number of nitrogens with zero attached hydrogens (tertiary/aromatic N) is 2. The van der Waals surface area contributed by atoms with Gasteiger partial charge in [0.05, 0.1) is 29.8 Å². The van der Waals surface area contributed by atoms with Crippen LogP contribution >= 0.6 is 0 Å². The molecule has 0 amide bonds. The minimum Gasteiger partial charge on any atom is -0.472 e. The summed E-state index contributed by atoms with van der Waals surface area (Å²) in [6.45, 7) is 2.15. The predicted molar refractivity (Wildman–Crippen MR) is 59.5 cm³/mol. The zero-order chi connectivity index (χ0) is 12.1. The smallest absolute Gasteiger partial charge is 0.341 e. The van der Waals surface area contributed by atoms with Crippen LogP contribution in [0, 0.1) is 6.92 Å². The topological polar surface area (TPSA) is 65.2 Å². The second-order valence-electron chi connectivity index (χ2n) is 3.55. The monoisotopic (exact) mass is 232 g/mol. The number of aryl methyl sites for hydroxylation is 1. The number of ether oxygens (including phenoxy) is 1. The number of carbonyl (C=O) groups is 1. The van der Waals surface area contributed by atoms with Crippen LogP contribution < -0.4 is 0 Å². The number of hydrogen-bond donors (Lipinski definition) is 0. The first-order valence-electron chi connectivity index (χ1n) is 5.22. The zero-order valence-corrected chi connectivity index (χ0v) is 9.42. The number of carbonyl (C=O) groups excluding carboxylic acids is 1. The molecule has 0 saturated heterocycles. The SMILES string of the molecule is Cc1cnc(CCOC(=O)c2ccoc2)cn1. The Balaban J connectivity index is 1.80. The van der Waals surface area contributed by atoms with Crippen molar-refractivity contribution in [1.82, 2.24) is 9.97 Å². The Morgan fingerprint density at radius 3 is 2.94 bits per heavy atom. The largest absolute Gasteiger partial charge is 0.472 e. The van der Waals surface area contributed by atoms with Crippen LogP contribution in [0.25, 0.3) is 0 Å². The van der Waals surface area contributed by atoms with E-state index in [2.05, 4.69) is 9.97 Å². The first kappa shape index (κ1) is 11.3. The van der Waals surface area contributed by atoms with Gasteiger partial charge in [-0.3, -0.25) is 9.97 Å². The van der Waals surface area contributed by atoms with E-state index in [1.807, 2.05) is 6.92 Å². The lowest BCUT2D eigenvalue weighted by Gasteiger charge is -2.02. The van der Waals surface area contributed by atoms with Gasteiger partial charge in [-0.2, -0.15) is 0 Å². The minimum absolute atomic E-state index is 0.280. The third kappa shape index (κ3) is 3.14. The molecule has 0 atom stereocenters. The first-order chi connectivity index (χ1) is 8.25. The van der Waals surface area contributed by atoms with E-state index in [0.29, 0.717) is 12.0 Å². The van der Waals surface area contributed by atoms with Crippen molar-refractivity contribution in [3.05, 3.63) is 47.9 Å². The van der Waals surface area contributed by atoms with Gasteiger partial charge < -0.3 is 9.15 Å². The Bertz CT molecular complexity index is 477. The molecule has 0 bridgehead atoms.